The van der Waals surface area contributed by atoms with Crippen molar-refractivity contribution in [3.8, 4) is 0 Å². The van der Waals surface area contributed by atoms with Gasteiger partial charge >= 0.3 is 12.1 Å². The molecule has 1 saturated heterocycles. The Kier molecular flexibility index (Phi) is 2.75. The van der Waals surface area contributed by atoms with Gasteiger partial charge in [-0.3, -0.25) is 5.32 Å². The highest BCUT2D eigenvalue weighted by atomic mass is 16.6. The maximum absolute atomic E-state index is 11.4. The topological polar surface area (TPSA) is 64.6 Å². The Morgan fingerprint density at radius 1 is 1.59 bits per heavy atom. The summed E-state index contributed by atoms with van der Waals surface area (Å²) in [6, 6.07) is 0. The van der Waals surface area contributed by atoms with Gasteiger partial charge in [0.2, 0.25) is 0 Å². The monoisotopic (exact) mass is 235 g/mol. The van der Waals surface area contributed by atoms with Crippen molar-refractivity contribution >= 4 is 12.1 Å². The third-order valence-corrected chi connectivity index (χ3v) is 2.60. The summed E-state index contributed by atoms with van der Waals surface area (Å²) in [5, 5.41) is 2.54. The van der Waals surface area contributed by atoms with Crippen LogP contribution in [0.1, 0.15) is 13.8 Å². The highest BCUT2D eigenvalue weighted by molar-refractivity contribution is 5.88. The number of ether oxygens (including phenoxy) is 2. The normalized spacial score (nSPS) is 26.1. The van der Waals surface area contributed by atoms with E-state index in [0.29, 0.717) is 17.0 Å². The summed E-state index contributed by atoms with van der Waals surface area (Å²) in [5.74, 6) is -0.158. The third-order valence-electron chi connectivity index (χ3n) is 2.60. The van der Waals surface area contributed by atoms with Gasteiger partial charge in [0.25, 0.3) is 0 Å². The molecule has 0 bridgehead atoms. The molecule has 2 atom stereocenters. The molecule has 1 amide bonds. The zero-order valence-electron chi connectivity index (χ0n) is 9.65. The molecule has 0 aromatic carbocycles. The lowest BCUT2D eigenvalue weighted by Gasteiger charge is -2.20. The van der Waals surface area contributed by atoms with E-state index in [1.807, 2.05) is 13.0 Å². The molecular weight excluding hydrogens is 222 g/mol. The van der Waals surface area contributed by atoms with Crippen molar-refractivity contribution in [1.82, 2.24) is 5.32 Å². The summed E-state index contributed by atoms with van der Waals surface area (Å²) in [6.45, 7) is 6.97. The van der Waals surface area contributed by atoms with E-state index in [2.05, 4.69) is 11.9 Å². The largest absolute Gasteiger partial charge is 0.439 e. The Balaban J connectivity index is 2.26. The predicted octanol–water partition coefficient (Wildman–Crippen LogP) is 1.63. The zero-order valence-corrected chi connectivity index (χ0v) is 9.65. The highest BCUT2D eigenvalue weighted by Gasteiger charge is 2.37. The van der Waals surface area contributed by atoms with E-state index >= 15 is 0 Å². The number of amides is 1. The lowest BCUT2D eigenvalue weighted by Crippen LogP contribution is -2.25. The number of carbonyl (C=O) groups is 2. The SMILES string of the molecule is C=C(C)C(=O)OC1=C2NC(=O)OC2C(C)C=C1. The quantitative estimate of drug-likeness (QED) is 0.583. The van der Waals surface area contributed by atoms with E-state index in [1.54, 1.807) is 13.0 Å². The van der Waals surface area contributed by atoms with Gasteiger partial charge in [-0.15, -0.1) is 0 Å². The second-order valence-corrected chi connectivity index (χ2v) is 4.12. The minimum Gasteiger partial charge on any atom is -0.439 e. The van der Waals surface area contributed by atoms with Crippen LogP contribution in [0.15, 0.2) is 35.8 Å². The molecular formula is C12H13NO4. The average molecular weight is 235 g/mol. The first kappa shape index (κ1) is 11.4. The second kappa shape index (κ2) is 4.08. The number of carbonyl (C=O) groups excluding carboxylic acids is 2. The van der Waals surface area contributed by atoms with E-state index in [1.165, 1.54) is 0 Å². The molecule has 90 valence electrons. The fourth-order valence-electron chi connectivity index (χ4n) is 1.66. The molecule has 1 fully saturated rings. The first-order valence-corrected chi connectivity index (χ1v) is 5.26. The van der Waals surface area contributed by atoms with Crippen molar-refractivity contribution < 1.29 is 19.1 Å². The maximum atomic E-state index is 11.4. The van der Waals surface area contributed by atoms with Crippen LogP contribution in [0.5, 0.6) is 0 Å². The Morgan fingerprint density at radius 2 is 2.29 bits per heavy atom. The minimum absolute atomic E-state index is 0.0521. The number of esters is 1. The molecule has 0 spiro atoms. The molecule has 1 N–H and O–H groups in total. The lowest BCUT2D eigenvalue weighted by atomic mass is 9.96. The van der Waals surface area contributed by atoms with E-state index in [-0.39, 0.29) is 5.92 Å². The van der Waals surface area contributed by atoms with Gasteiger partial charge in [0, 0.05) is 11.5 Å². The van der Waals surface area contributed by atoms with Gasteiger partial charge in [0.1, 0.15) is 5.70 Å². The van der Waals surface area contributed by atoms with Crippen LogP contribution in [0.4, 0.5) is 4.79 Å². The van der Waals surface area contributed by atoms with E-state index in [4.69, 9.17) is 9.47 Å². The number of hydrogen-bond acceptors (Lipinski definition) is 4. The molecule has 5 heteroatoms. The van der Waals surface area contributed by atoms with Gasteiger partial charge in [0.05, 0.1) is 0 Å². The summed E-state index contributed by atoms with van der Waals surface area (Å²) in [7, 11) is 0. The Hall–Kier alpha value is -2.04. The summed E-state index contributed by atoms with van der Waals surface area (Å²) in [4.78, 5) is 22.6. The summed E-state index contributed by atoms with van der Waals surface area (Å²) >= 11 is 0. The predicted molar refractivity (Wildman–Crippen MR) is 59.6 cm³/mol. The summed E-state index contributed by atoms with van der Waals surface area (Å²) in [5.41, 5.74) is 0.798. The molecule has 0 saturated carbocycles. The van der Waals surface area contributed by atoms with Crippen LogP contribution < -0.4 is 5.32 Å². The molecule has 0 aromatic rings. The molecule has 17 heavy (non-hydrogen) atoms. The van der Waals surface area contributed by atoms with E-state index < -0.39 is 18.2 Å². The van der Waals surface area contributed by atoms with Crippen molar-refractivity contribution in [3.05, 3.63) is 35.8 Å². The number of fused-ring (bicyclic) bond motifs is 1. The molecule has 1 aliphatic heterocycles. The fraction of sp³-hybridized carbons (Fsp3) is 0.333. The summed E-state index contributed by atoms with van der Waals surface area (Å²) in [6.07, 6.45) is 2.56. The van der Waals surface area contributed by atoms with Gasteiger partial charge in [-0.2, -0.15) is 0 Å². The van der Waals surface area contributed by atoms with Crippen molar-refractivity contribution in [2.75, 3.05) is 0 Å². The number of rotatable bonds is 2. The molecule has 2 rings (SSSR count). The molecule has 5 nitrogen and oxygen atoms in total. The van der Waals surface area contributed by atoms with Crippen LogP contribution in [0.25, 0.3) is 0 Å². The average Bonchev–Trinajstić information content (AvgIpc) is 2.65. The highest BCUT2D eigenvalue weighted by Crippen LogP contribution is 2.29. The van der Waals surface area contributed by atoms with E-state index in [9.17, 15) is 9.59 Å². The zero-order chi connectivity index (χ0) is 12.6. The van der Waals surface area contributed by atoms with Crippen LogP contribution in [-0.2, 0) is 14.3 Å². The molecule has 2 aliphatic rings. The van der Waals surface area contributed by atoms with Crippen molar-refractivity contribution in [2.45, 2.75) is 20.0 Å². The van der Waals surface area contributed by atoms with Crippen LogP contribution in [0.2, 0.25) is 0 Å². The number of hydrogen-bond donors (Lipinski definition) is 1. The first-order valence-electron chi connectivity index (χ1n) is 5.26. The standard InChI is InChI=1S/C12H13NO4/c1-6(2)11(14)16-8-5-4-7(3)10-9(8)13-12(15)17-10/h4-5,7,10H,1H2,2-3H3,(H,13,15). The molecule has 0 radical (unpaired) electrons. The Bertz CT molecular complexity index is 461. The Morgan fingerprint density at radius 3 is 2.94 bits per heavy atom. The number of allylic oxidation sites excluding steroid dienone is 1. The molecule has 1 heterocycles. The van der Waals surface area contributed by atoms with Crippen molar-refractivity contribution in [1.29, 1.82) is 0 Å². The summed E-state index contributed by atoms with van der Waals surface area (Å²) < 4.78 is 10.2. The lowest BCUT2D eigenvalue weighted by molar-refractivity contribution is -0.134. The van der Waals surface area contributed by atoms with Gasteiger partial charge < -0.3 is 9.47 Å². The smallest absolute Gasteiger partial charge is 0.412 e. The van der Waals surface area contributed by atoms with Gasteiger partial charge in [-0.05, 0) is 13.0 Å². The maximum Gasteiger partial charge on any atom is 0.412 e. The van der Waals surface area contributed by atoms with Crippen molar-refractivity contribution in [3.63, 3.8) is 0 Å². The fourth-order valence-corrected chi connectivity index (χ4v) is 1.66. The van der Waals surface area contributed by atoms with E-state index in [0.717, 1.165) is 0 Å². The van der Waals surface area contributed by atoms with Crippen LogP contribution in [0.3, 0.4) is 0 Å². The second-order valence-electron chi connectivity index (χ2n) is 4.12. The molecule has 1 aliphatic carbocycles. The van der Waals surface area contributed by atoms with Crippen molar-refractivity contribution in [2.24, 2.45) is 5.92 Å². The van der Waals surface area contributed by atoms with Crippen LogP contribution >= 0.6 is 0 Å². The van der Waals surface area contributed by atoms with Gasteiger partial charge in [-0.1, -0.05) is 19.6 Å². The molecule has 2 unspecified atom stereocenters. The Labute approximate surface area is 98.8 Å². The van der Waals surface area contributed by atoms with Crippen LogP contribution in [-0.4, -0.2) is 18.2 Å². The number of alkyl carbamates (subject to hydrolysis) is 1. The first-order chi connectivity index (χ1) is 7.99. The third kappa shape index (κ3) is 2.08. The van der Waals surface area contributed by atoms with Crippen LogP contribution in [0, 0.1) is 5.92 Å². The van der Waals surface area contributed by atoms with Gasteiger partial charge in [-0.25, -0.2) is 9.59 Å². The molecule has 0 aromatic heterocycles. The van der Waals surface area contributed by atoms with Gasteiger partial charge in [0.15, 0.2) is 11.9 Å². The minimum atomic E-state index is -0.524. The number of nitrogens with one attached hydrogen (secondary N) is 1.